The molecule has 1 N–H and O–H groups in total. The minimum Gasteiger partial charge on any atom is -0.460 e. The number of nitrogens with one attached hydrogen (secondary N) is 1. The van der Waals surface area contributed by atoms with Crippen LogP contribution in [-0.2, 0) is 14.3 Å². The molecule has 6 nitrogen and oxygen atoms in total. The Morgan fingerprint density at radius 2 is 1.96 bits per heavy atom. The lowest BCUT2D eigenvalue weighted by Crippen LogP contribution is -2.43. The number of allylic oxidation sites excluding steroid dienone is 1. The van der Waals surface area contributed by atoms with Crippen LogP contribution in [0.15, 0.2) is 34.6 Å². The van der Waals surface area contributed by atoms with Gasteiger partial charge in [0.25, 0.3) is 5.78 Å². The van der Waals surface area contributed by atoms with Gasteiger partial charge in [0.05, 0.1) is 19.5 Å². The topological polar surface area (TPSA) is 69.9 Å². The number of ether oxygens (including phenoxy) is 2. The molecule has 1 saturated carbocycles. The fourth-order valence-electron chi connectivity index (χ4n) is 3.22. The maximum absolute atomic E-state index is 11.8. The van der Waals surface area contributed by atoms with Crippen molar-refractivity contribution in [3.63, 3.8) is 0 Å². The normalized spacial score (nSPS) is 24.1. The maximum atomic E-state index is 11.8. The molecule has 0 radical (unpaired) electrons. The third kappa shape index (κ3) is 2.79. The Hall–Kier alpha value is -2.07. The zero-order chi connectivity index (χ0) is 15.8. The molecule has 2 spiro atoms. The van der Waals surface area contributed by atoms with E-state index < -0.39 is 11.4 Å². The second kappa shape index (κ2) is 5.53. The van der Waals surface area contributed by atoms with Gasteiger partial charge in [-0.3, -0.25) is 15.1 Å². The Kier molecular flexibility index (Phi) is 3.49. The number of hydroxylamine groups is 1. The molecule has 0 aromatic carbocycles. The number of hydrogen-bond acceptors (Lipinski definition) is 6. The number of ketones is 1. The van der Waals surface area contributed by atoms with E-state index in [1.54, 1.807) is 12.1 Å². The zero-order valence-electron chi connectivity index (χ0n) is 12.6. The van der Waals surface area contributed by atoms with Crippen LogP contribution in [0.4, 0.5) is 0 Å². The maximum Gasteiger partial charge on any atom is 0.271 e. The molecule has 0 atom stereocenters. The molecular weight excluding hydrogens is 298 g/mol. The number of rotatable bonds is 1. The smallest absolute Gasteiger partial charge is 0.271 e. The standard InChI is InChI=1S/C17H17NO5/c19-14(15-2-1-9-20-15)4-3-13-12-16(23-18-13)5-7-17(8-6-16)21-10-11-22-17/h1-2,9,12,18H,5-8,10-11H2. The fraction of sp³-hybridized carbons (Fsp3) is 0.471. The van der Waals surface area contributed by atoms with Crippen LogP contribution in [0.3, 0.4) is 0 Å². The van der Waals surface area contributed by atoms with E-state index in [4.69, 9.17) is 18.7 Å². The highest BCUT2D eigenvalue weighted by Crippen LogP contribution is 2.43. The highest BCUT2D eigenvalue weighted by molar-refractivity contribution is 6.07. The molecule has 0 amide bonds. The summed E-state index contributed by atoms with van der Waals surface area (Å²) in [5.41, 5.74) is 3.03. The number of Topliss-reactive ketones (excluding diaryl/α,β-unsaturated/α-hetero) is 1. The largest absolute Gasteiger partial charge is 0.460 e. The van der Waals surface area contributed by atoms with Crippen molar-refractivity contribution < 1.29 is 23.5 Å². The molecule has 6 heteroatoms. The van der Waals surface area contributed by atoms with Crippen molar-refractivity contribution in [3.05, 3.63) is 35.9 Å². The molecule has 0 unspecified atom stereocenters. The Morgan fingerprint density at radius 1 is 1.17 bits per heavy atom. The first-order valence-corrected chi connectivity index (χ1v) is 7.73. The van der Waals surface area contributed by atoms with Crippen LogP contribution in [0.2, 0.25) is 0 Å². The summed E-state index contributed by atoms with van der Waals surface area (Å²) in [6, 6.07) is 3.25. The Labute approximate surface area is 133 Å². The van der Waals surface area contributed by atoms with E-state index in [0.29, 0.717) is 18.9 Å². The molecule has 2 aliphatic heterocycles. The van der Waals surface area contributed by atoms with Gasteiger partial charge in [0.1, 0.15) is 11.3 Å². The monoisotopic (exact) mass is 315 g/mol. The van der Waals surface area contributed by atoms with Gasteiger partial charge in [0.2, 0.25) is 0 Å². The molecule has 1 aromatic heterocycles. The quantitative estimate of drug-likeness (QED) is 0.485. The van der Waals surface area contributed by atoms with Gasteiger partial charge in [0, 0.05) is 12.8 Å². The van der Waals surface area contributed by atoms with Crippen molar-refractivity contribution in [2.24, 2.45) is 0 Å². The second-order valence-electron chi connectivity index (χ2n) is 5.99. The number of furan rings is 1. The molecule has 3 aliphatic rings. The van der Waals surface area contributed by atoms with E-state index >= 15 is 0 Å². The van der Waals surface area contributed by atoms with Gasteiger partial charge in [-0.15, -0.1) is 0 Å². The van der Waals surface area contributed by atoms with Gasteiger partial charge in [0.15, 0.2) is 11.5 Å². The molecule has 23 heavy (non-hydrogen) atoms. The van der Waals surface area contributed by atoms with Crippen LogP contribution in [-0.4, -0.2) is 30.4 Å². The minimum atomic E-state index is -0.424. The molecular formula is C17H17NO5. The third-order valence-corrected chi connectivity index (χ3v) is 4.50. The van der Waals surface area contributed by atoms with Crippen LogP contribution in [0.25, 0.3) is 0 Å². The van der Waals surface area contributed by atoms with Crippen LogP contribution in [0.5, 0.6) is 0 Å². The van der Waals surface area contributed by atoms with Crippen molar-refractivity contribution in [2.75, 3.05) is 13.2 Å². The first-order chi connectivity index (χ1) is 11.2. The van der Waals surface area contributed by atoms with Crippen molar-refractivity contribution in [3.8, 4) is 11.8 Å². The van der Waals surface area contributed by atoms with E-state index in [1.165, 1.54) is 6.26 Å². The number of carbonyl (C=O) groups is 1. The first-order valence-electron chi connectivity index (χ1n) is 7.73. The Morgan fingerprint density at radius 3 is 2.65 bits per heavy atom. The third-order valence-electron chi connectivity index (χ3n) is 4.50. The highest BCUT2D eigenvalue weighted by Gasteiger charge is 2.48. The van der Waals surface area contributed by atoms with E-state index in [9.17, 15) is 4.79 Å². The van der Waals surface area contributed by atoms with Crippen molar-refractivity contribution in [1.29, 1.82) is 0 Å². The van der Waals surface area contributed by atoms with Gasteiger partial charge >= 0.3 is 0 Å². The van der Waals surface area contributed by atoms with Crippen molar-refractivity contribution in [1.82, 2.24) is 5.48 Å². The molecule has 3 heterocycles. The minimum absolute atomic E-state index is 0.238. The summed E-state index contributed by atoms with van der Waals surface area (Å²) in [6.45, 7) is 1.32. The SMILES string of the molecule is O=C(C#CC1=CC2(CCC3(CC2)OCCO3)ON1)c1ccco1. The Balaban J connectivity index is 1.43. The van der Waals surface area contributed by atoms with E-state index in [0.717, 1.165) is 25.7 Å². The molecule has 0 bridgehead atoms. The summed E-state index contributed by atoms with van der Waals surface area (Å²) in [5, 5.41) is 0. The summed E-state index contributed by atoms with van der Waals surface area (Å²) in [7, 11) is 0. The molecule has 1 aromatic rings. The van der Waals surface area contributed by atoms with Crippen LogP contribution >= 0.6 is 0 Å². The van der Waals surface area contributed by atoms with Gasteiger partial charge in [-0.1, -0.05) is 0 Å². The first kappa shape index (κ1) is 14.5. The predicted octanol–water partition coefficient (Wildman–Crippen LogP) is 1.94. The predicted molar refractivity (Wildman–Crippen MR) is 79.0 cm³/mol. The molecule has 1 saturated heterocycles. The summed E-state index contributed by atoms with van der Waals surface area (Å²) in [4.78, 5) is 17.5. The van der Waals surface area contributed by atoms with Gasteiger partial charge in [-0.25, -0.2) is 0 Å². The summed E-state index contributed by atoms with van der Waals surface area (Å²) in [5.74, 6) is 4.82. The van der Waals surface area contributed by atoms with Crippen molar-refractivity contribution in [2.45, 2.75) is 37.1 Å². The summed E-state index contributed by atoms with van der Waals surface area (Å²) in [6.07, 6.45) is 6.56. The molecule has 2 fully saturated rings. The lowest BCUT2D eigenvalue weighted by molar-refractivity contribution is -0.205. The van der Waals surface area contributed by atoms with E-state index in [-0.39, 0.29) is 11.5 Å². The van der Waals surface area contributed by atoms with Crippen molar-refractivity contribution >= 4 is 5.78 Å². The molecule has 4 rings (SSSR count). The van der Waals surface area contributed by atoms with Crippen LogP contribution in [0, 0.1) is 11.8 Å². The molecule has 1 aliphatic carbocycles. The highest BCUT2D eigenvalue weighted by atomic mass is 16.7. The van der Waals surface area contributed by atoms with Gasteiger partial charge < -0.3 is 13.9 Å². The molecule has 120 valence electrons. The summed E-state index contributed by atoms with van der Waals surface area (Å²) < 4.78 is 16.5. The summed E-state index contributed by atoms with van der Waals surface area (Å²) >= 11 is 0. The lowest BCUT2D eigenvalue weighted by Gasteiger charge is -2.39. The number of hydrogen-bond donors (Lipinski definition) is 1. The lowest BCUT2D eigenvalue weighted by atomic mass is 9.81. The van der Waals surface area contributed by atoms with E-state index in [1.807, 2.05) is 6.08 Å². The van der Waals surface area contributed by atoms with Crippen LogP contribution in [0.1, 0.15) is 36.2 Å². The Bertz CT molecular complexity index is 678. The van der Waals surface area contributed by atoms with E-state index in [2.05, 4.69) is 17.3 Å². The van der Waals surface area contributed by atoms with Gasteiger partial charge in [-0.2, -0.15) is 0 Å². The van der Waals surface area contributed by atoms with Gasteiger partial charge in [-0.05, 0) is 42.9 Å². The second-order valence-corrected chi connectivity index (χ2v) is 5.99. The average Bonchev–Trinajstić information content (AvgIpc) is 3.30. The number of carbonyl (C=O) groups excluding carboxylic acids is 1. The van der Waals surface area contributed by atoms with Crippen LogP contribution < -0.4 is 5.48 Å². The average molecular weight is 315 g/mol. The zero-order valence-corrected chi connectivity index (χ0v) is 12.6. The fourth-order valence-corrected chi connectivity index (χ4v) is 3.22.